The molecule has 6 rings (SSSR count). The molecule has 0 unspecified atom stereocenters. The molecule has 0 radical (unpaired) electrons. The largest absolute Gasteiger partial charge is 0.309 e. The lowest BCUT2D eigenvalue weighted by Crippen LogP contribution is -1.99. The van der Waals surface area contributed by atoms with Crippen LogP contribution in [0.15, 0.2) is 122 Å². The minimum absolute atomic E-state index is 1.10. The number of para-hydroxylation sites is 1. The molecule has 2 heterocycles. The number of nitrogens with zero attached hydrogens (tertiary/aromatic N) is 2. The van der Waals surface area contributed by atoms with Crippen LogP contribution in [-0.2, 0) is 0 Å². The van der Waals surface area contributed by atoms with Crippen molar-refractivity contribution in [3.63, 3.8) is 0 Å². The zero-order valence-electron chi connectivity index (χ0n) is 16.9. The number of aromatic nitrogens is 2. The van der Waals surface area contributed by atoms with Gasteiger partial charge in [0, 0.05) is 28.7 Å². The van der Waals surface area contributed by atoms with E-state index in [-0.39, 0.29) is 0 Å². The van der Waals surface area contributed by atoms with Crippen molar-refractivity contribution >= 4 is 21.7 Å². The summed E-state index contributed by atoms with van der Waals surface area (Å²) >= 11 is 0. The third-order valence-electron chi connectivity index (χ3n) is 5.86. The molecule has 0 atom stereocenters. The molecule has 0 saturated carbocycles. The lowest BCUT2D eigenvalue weighted by atomic mass is 9.99. The van der Waals surface area contributed by atoms with E-state index in [0.717, 1.165) is 11.3 Å². The number of benzene rings is 4. The van der Waals surface area contributed by atoms with E-state index in [1.54, 1.807) is 0 Å². The number of hydrogen-bond acceptors (Lipinski definition) is 1. The highest BCUT2D eigenvalue weighted by atomic mass is 15.0. The van der Waals surface area contributed by atoms with Crippen molar-refractivity contribution < 1.29 is 0 Å². The number of fused-ring (bicyclic) bond motifs is 2. The van der Waals surface area contributed by atoms with Crippen molar-refractivity contribution in [1.82, 2.24) is 9.55 Å². The Labute approximate surface area is 181 Å². The Balaban J connectivity index is 1.73. The molecule has 0 aliphatic carbocycles. The van der Waals surface area contributed by atoms with Crippen LogP contribution in [0, 0.1) is 0 Å². The van der Waals surface area contributed by atoms with Crippen molar-refractivity contribution in [2.24, 2.45) is 0 Å². The van der Waals surface area contributed by atoms with Crippen LogP contribution in [0.4, 0.5) is 0 Å². The summed E-state index contributed by atoms with van der Waals surface area (Å²) < 4.78 is 2.38. The minimum atomic E-state index is 1.10. The quantitative estimate of drug-likeness (QED) is 0.303. The summed E-state index contributed by atoms with van der Waals surface area (Å²) in [6, 6.07) is 38.8. The smallest absolute Gasteiger partial charge is 0.0556 e. The van der Waals surface area contributed by atoms with Gasteiger partial charge in [-0.2, -0.15) is 0 Å². The summed E-state index contributed by atoms with van der Waals surface area (Å²) in [5, 5.41) is 3.68. The van der Waals surface area contributed by atoms with Gasteiger partial charge in [-0.3, -0.25) is 4.98 Å². The third-order valence-corrected chi connectivity index (χ3v) is 5.86. The summed E-state index contributed by atoms with van der Waals surface area (Å²) in [7, 11) is 0. The lowest BCUT2D eigenvalue weighted by Gasteiger charge is -2.16. The van der Waals surface area contributed by atoms with Gasteiger partial charge in [0.05, 0.1) is 16.9 Å². The summed E-state index contributed by atoms with van der Waals surface area (Å²) in [5.41, 5.74) is 7.05. The molecule has 6 aromatic rings. The van der Waals surface area contributed by atoms with Gasteiger partial charge in [0.15, 0.2) is 0 Å². The molecule has 4 aromatic carbocycles. The molecule has 0 N–H and O–H groups in total. The van der Waals surface area contributed by atoms with Crippen LogP contribution in [0.2, 0.25) is 0 Å². The first kappa shape index (κ1) is 17.7. The van der Waals surface area contributed by atoms with E-state index in [1.165, 1.54) is 38.5 Å². The Kier molecular flexibility index (Phi) is 4.14. The minimum Gasteiger partial charge on any atom is -0.309 e. The highest BCUT2D eigenvalue weighted by molar-refractivity contribution is 5.98. The highest BCUT2D eigenvalue weighted by Crippen LogP contribution is 2.36. The van der Waals surface area contributed by atoms with Gasteiger partial charge in [-0.1, -0.05) is 72.8 Å². The maximum Gasteiger partial charge on any atom is 0.0556 e. The fourth-order valence-corrected chi connectivity index (χ4v) is 4.41. The molecule has 0 fully saturated rings. The van der Waals surface area contributed by atoms with Gasteiger partial charge in [0.2, 0.25) is 0 Å². The Morgan fingerprint density at radius 2 is 1.29 bits per heavy atom. The SMILES string of the molecule is c1ccc(-c2cc(-n3c(-c4cccnc4)cc4ccccc43)c3ccccc3c2)cc1. The molecule has 0 aliphatic heterocycles. The van der Waals surface area contributed by atoms with Crippen LogP contribution in [0.5, 0.6) is 0 Å². The monoisotopic (exact) mass is 396 g/mol. The van der Waals surface area contributed by atoms with E-state index in [0.29, 0.717) is 0 Å². The first-order valence-corrected chi connectivity index (χ1v) is 10.5. The normalized spacial score (nSPS) is 11.2. The van der Waals surface area contributed by atoms with E-state index in [1.807, 2.05) is 18.5 Å². The molecule has 2 heteroatoms. The summed E-state index contributed by atoms with van der Waals surface area (Å²) in [6.45, 7) is 0. The molecule has 0 saturated heterocycles. The van der Waals surface area contributed by atoms with Gasteiger partial charge in [0.25, 0.3) is 0 Å². The first-order chi connectivity index (χ1) is 15.4. The average Bonchev–Trinajstić information content (AvgIpc) is 3.24. The van der Waals surface area contributed by atoms with E-state index in [9.17, 15) is 0 Å². The van der Waals surface area contributed by atoms with Crippen LogP contribution in [0.25, 0.3) is 49.7 Å². The van der Waals surface area contributed by atoms with Gasteiger partial charge in [0.1, 0.15) is 0 Å². The van der Waals surface area contributed by atoms with Crippen LogP contribution < -0.4 is 0 Å². The second-order valence-electron chi connectivity index (χ2n) is 7.75. The zero-order valence-corrected chi connectivity index (χ0v) is 16.9. The van der Waals surface area contributed by atoms with Crippen molar-refractivity contribution in [2.45, 2.75) is 0 Å². The fourth-order valence-electron chi connectivity index (χ4n) is 4.41. The van der Waals surface area contributed by atoms with Crippen molar-refractivity contribution in [3.05, 3.63) is 122 Å². The number of pyridine rings is 1. The second kappa shape index (κ2) is 7.26. The van der Waals surface area contributed by atoms with Crippen molar-refractivity contribution in [2.75, 3.05) is 0 Å². The number of rotatable bonds is 3. The van der Waals surface area contributed by atoms with E-state index in [4.69, 9.17) is 0 Å². The molecule has 0 spiro atoms. The maximum atomic E-state index is 4.38. The molecule has 0 amide bonds. The summed E-state index contributed by atoms with van der Waals surface area (Å²) in [5.74, 6) is 0. The zero-order chi connectivity index (χ0) is 20.6. The van der Waals surface area contributed by atoms with Crippen LogP contribution in [-0.4, -0.2) is 9.55 Å². The standard InChI is InChI=1S/C29H20N2/c1-2-9-21(10-3-1)25-17-22-11-4-6-14-26(22)29(19-25)31-27-15-7-5-12-23(27)18-28(31)24-13-8-16-30-20-24/h1-20H. The Bertz CT molecular complexity index is 1510. The molecule has 0 aliphatic rings. The molecule has 0 bridgehead atoms. The maximum absolute atomic E-state index is 4.38. The average molecular weight is 396 g/mol. The fraction of sp³-hybridized carbons (Fsp3) is 0. The first-order valence-electron chi connectivity index (χ1n) is 10.5. The Morgan fingerprint density at radius 1 is 0.548 bits per heavy atom. The molecular weight excluding hydrogens is 376 g/mol. The molecule has 31 heavy (non-hydrogen) atoms. The van der Waals surface area contributed by atoms with Gasteiger partial charge in [-0.05, 0) is 52.9 Å². The van der Waals surface area contributed by atoms with Gasteiger partial charge in [-0.25, -0.2) is 0 Å². The van der Waals surface area contributed by atoms with Crippen molar-refractivity contribution in [1.29, 1.82) is 0 Å². The van der Waals surface area contributed by atoms with Gasteiger partial charge < -0.3 is 4.57 Å². The van der Waals surface area contributed by atoms with Crippen LogP contribution in [0.1, 0.15) is 0 Å². The predicted molar refractivity (Wildman–Crippen MR) is 129 cm³/mol. The van der Waals surface area contributed by atoms with E-state index < -0.39 is 0 Å². The number of hydrogen-bond donors (Lipinski definition) is 0. The topological polar surface area (TPSA) is 17.8 Å². The van der Waals surface area contributed by atoms with E-state index >= 15 is 0 Å². The van der Waals surface area contributed by atoms with Crippen molar-refractivity contribution in [3.8, 4) is 28.1 Å². The second-order valence-corrected chi connectivity index (χ2v) is 7.75. The van der Waals surface area contributed by atoms with Gasteiger partial charge >= 0.3 is 0 Å². The Morgan fingerprint density at radius 3 is 2.13 bits per heavy atom. The predicted octanol–water partition coefficient (Wildman–Crippen LogP) is 7.51. The van der Waals surface area contributed by atoms with Crippen LogP contribution in [0.3, 0.4) is 0 Å². The van der Waals surface area contributed by atoms with Crippen LogP contribution >= 0.6 is 0 Å². The van der Waals surface area contributed by atoms with E-state index in [2.05, 4.69) is 113 Å². The molecule has 2 aromatic heterocycles. The van der Waals surface area contributed by atoms with Gasteiger partial charge in [-0.15, -0.1) is 0 Å². The third kappa shape index (κ3) is 3.01. The summed E-state index contributed by atoms with van der Waals surface area (Å²) in [6.07, 6.45) is 3.76. The lowest BCUT2D eigenvalue weighted by molar-refractivity contribution is 1.14. The summed E-state index contributed by atoms with van der Waals surface area (Å²) in [4.78, 5) is 4.38. The molecular formula is C29H20N2. The molecule has 146 valence electrons. The Hall–Kier alpha value is -4.17. The highest BCUT2D eigenvalue weighted by Gasteiger charge is 2.15. The molecule has 2 nitrogen and oxygen atoms in total.